The standard InChI is InChI=1S/C14H30N2O3/c1-17-10-6-15-13-14-5-3-7-16(14)8-4-9-19-12-11-18-2/h14-15H,3-13H2,1-2H3. The van der Waals surface area contributed by atoms with Crippen molar-refractivity contribution >= 4 is 0 Å². The average Bonchev–Trinajstić information content (AvgIpc) is 2.86. The SMILES string of the molecule is COCCNCC1CCCN1CCCOCCOC. The summed E-state index contributed by atoms with van der Waals surface area (Å²) in [4.78, 5) is 2.58. The molecular weight excluding hydrogens is 244 g/mol. The van der Waals surface area contributed by atoms with E-state index in [4.69, 9.17) is 14.2 Å². The number of hydrogen-bond acceptors (Lipinski definition) is 5. The third-order valence-corrected chi connectivity index (χ3v) is 3.53. The van der Waals surface area contributed by atoms with Gasteiger partial charge < -0.3 is 19.5 Å². The van der Waals surface area contributed by atoms with E-state index in [1.165, 1.54) is 19.4 Å². The number of ether oxygens (including phenoxy) is 3. The summed E-state index contributed by atoms with van der Waals surface area (Å²) in [6.07, 6.45) is 3.74. The molecule has 1 saturated heterocycles. The Balaban J connectivity index is 2.00. The maximum Gasteiger partial charge on any atom is 0.0700 e. The summed E-state index contributed by atoms with van der Waals surface area (Å²) >= 11 is 0. The minimum atomic E-state index is 0.690. The lowest BCUT2D eigenvalue weighted by molar-refractivity contribution is 0.0645. The molecule has 5 nitrogen and oxygen atoms in total. The van der Waals surface area contributed by atoms with Gasteiger partial charge >= 0.3 is 0 Å². The summed E-state index contributed by atoms with van der Waals surface area (Å²) in [6.45, 7) is 7.42. The molecule has 0 bridgehead atoms. The van der Waals surface area contributed by atoms with Crippen molar-refractivity contribution in [2.45, 2.75) is 25.3 Å². The van der Waals surface area contributed by atoms with E-state index in [-0.39, 0.29) is 0 Å². The van der Waals surface area contributed by atoms with Crippen molar-refractivity contribution in [2.75, 3.05) is 66.8 Å². The fraction of sp³-hybridized carbons (Fsp3) is 1.00. The summed E-state index contributed by atoms with van der Waals surface area (Å²) < 4.78 is 15.5. The zero-order valence-electron chi connectivity index (χ0n) is 12.5. The average molecular weight is 274 g/mol. The molecule has 1 aliphatic heterocycles. The molecule has 0 aliphatic carbocycles. The van der Waals surface area contributed by atoms with Crippen LogP contribution in [0.4, 0.5) is 0 Å². The lowest BCUT2D eigenvalue weighted by atomic mass is 10.2. The highest BCUT2D eigenvalue weighted by Gasteiger charge is 2.23. The molecule has 19 heavy (non-hydrogen) atoms. The highest BCUT2D eigenvalue weighted by molar-refractivity contribution is 4.80. The largest absolute Gasteiger partial charge is 0.383 e. The number of methoxy groups -OCH3 is 2. The van der Waals surface area contributed by atoms with Gasteiger partial charge in [-0.25, -0.2) is 0 Å². The molecule has 1 heterocycles. The molecule has 1 unspecified atom stereocenters. The van der Waals surface area contributed by atoms with Crippen LogP contribution in [0.25, 0.3) is 0 Å². The van der Waals surface area contributed by atoms with Gasteiger partial charge in [0, 0.05) is 46.5 Å². The molecule has 0 radical (unpaired) electrons. The van der Waals surface area contributed by atoms with Gasteiger partial charge in [-0.15, -0.1) is 0 Å². The van der Waals surface area contributed by atoms with Crippen molar-refractivity contribution in [1.29, 1.82) is 0 Å². The molecule has 1 atom stereocenters. The fourth-order valence-corrected chi connectivity index (χ4v) is 2.48. The molecule has 0 amide bonds. The predicted molar refractivity (Wildman–Crippen MR) is 76.7 cm³/mol. The molecule has 0 aromatic rings. The monoisotopic (exact) mass is 274 g/mol. The van der Waals surface area contributed by atoms with Crippen LogP contribution in [0.5, 0.6) is 0 Å². The van der Waals surface area contributed by atoms with E-state index >= 15 is 0 Å². The first kappa shape index (κ1) is 16.9. The van der Waals surface area contributed by atoms with E-state index in [1.807, 2.05) is 0 Å². The van der Waals surface area contributed by atoms with Gasteiger partial charge in [-0.3, -0.25) is 4.90 Å². The van der Waals surface area contributed by atoms with E-state index < -0.39 is 0 Å². The van der Waals surface area contributed by atoms with Crippen molar-refractivity contribution in [2.24, 2.45) is 0 Å². The minimum absolute atomic E-state index is 0.690. The van der Waals surface area contributed by atoms with Crippen molar-refractivity contribution in [3.05, 3.63) is 0 Å². The van der Waals surface area contributed by atoms with Gasteiger partial charge in [-0.2, -0.15) is 0 Å². The molecule has 0 spiro atoms. The lowest BCUT2D eigenvalue weighted by Crippen LogP contribution is -2.39. The number of nitrogens with zero attached hydrogens (tertiary/aromatic N) is 1. The molecule has 1 rings (SSSR count). The number of hydrogen-bond donors (Lipinski definition) is 1. The Morgan fingerprint density at radius 3 is 2.74 bits per heavy atom. The second-order valence-corrected chi connectivity index (χ2v) is 4.99. The maximum atomic E-state index is 5.50. The van der Waals surface area contributed by atoms with Crippen LogP contribution < -0.4 is 5.32 Å². The molecule has 0 saturated carbocycles. The third-order valence-electron chi connectivity index (χ3n) is 3.53. The molecule has 0 aromatic carbocycles. The van der Waals surface area contributed by atoms with Gasteiger partial charge in [0.25, 0.3) is 0 Å². The molecule has 1 fully saturated rings. The topological polar surface area (TPSA) is 43.0 Å². The first-order chi connectivity index (χ1) is 9.38. The van der Waals surface area contributed by atoms with Gasteiger partial charge in [0.1, 0.15) is 0 Å². The van der Waals surface area contributed by atoms with E-state index in [0.717, 1.165) is 39.3 Å². The van der Waals surface area contributed by atoms with Crippen LogP contribution >= 0.6 is 0 Å². The smallest absolute Gasteiger partial charge is 0.0700 e. The molecule has 1 N–H and O–H groups in total. The van der Waals surface area contributed by atoms with Crippen LogP contribution in [0.3, 0.4) is 0 Å². The third kappa shape index (κ3) is 7.84. The number of rotatable bonds is 12. The number of likely N-dealkylation sites (tertiary alicyclic amines) is 1. The van der Waals surface area contributed by atoms with Gasteiger partial charge in [0.2, 0.25) is 0 Å². The molecule has 114 valence electrons. The normalized spacial score (nSPS) is 20.2. The molecule has 0 aromatic heterocycles. The van der Waals surface area contributed by atoms with Crippen molar-refractivity contribution < 1.29 is 14.2 Å². The maximum absolute atomic E-state index is 5.50. The molecule has 1 aliphatic rings. The van der Waals surface area contributed by atoms with E-state index in [2.05, 4.69) is 10.2 Å². The fourth-order valence-electron chi connectivity index (χ4n) is 2.48. The summed E-state index contributed by atoms with van der Waals surface area (Å²) in [5, 5.41) is 3.46. The first-order valence-corrected chi connectivity index (χ1v) is 7.39. The van der Waals surface area contributed by atoms with Crippen LogP contribution in [-0.4, -0.2) is 77.8 Å². The van der Waals surface area contributed by atoms with Crippen LogP contribution in [0.15, 0.2) is 0 Å². The zero-order chi connectivity index (χ0) is 13.8. The summed E-state index contributed by atoms with van der Waals surface area (Å²) in [6, 6.07) is 0.691. The van der Waals surface area contributed by atoms with Gasteiger partial charge in [-0.1, -0.05) is 0 Å². The first-order valence-electron chi connectivity index (χ1n) is 7.39. The second kappa shape index (κ2) is 11.6. The highest BCUT2D eigenvalue weighted by atomic mass is 16.5. The Labute approximate surface area is 117 Å². The van der Waals surface area contributed by atoms with Gasteiger partial charge in [-0.05, 0) is 25.8 Å². The second-order valence-electron chi connectivity index (χ2n) is 4.99. The zero-order valence-corrected chi connectivity index (χ0v) is 12.5. The predicted octanol–water partition coefficient (Wildman–Crippen LogP) is 0.740. The van der Waals surface area contributed by atoms with Crippen LogP contribution in [0, 0.1) is 0 Å². The van der Waals surface area contributed by atoms with Crippen LogP contribution in [0.2, 0.25) is 0 Å². The number of nitrogens with one attached hydrogen (secondary N) is 1. The van der Waals surface area contributed by atoms with E-state index in [0.29, 0.717) is 19.3 Å². The lowest BCUT2D eigenvalue weighted by Gasteiger charge is -2.24. The van der Waals surface area contributed by atoms with Gasteiger partial charge in [0.05, 0.1) is 19.8 Å². The Kier molecular flexibility index (Phi) is 10.3. The Morgan fingerprint density at radius 2 is 1.95 bits per heavy atom. The Hall–Kier alpha value is -0.200. The van der Waals surface area contributed by atoms with Crippen molar-refractivity contribution in [3.8, 4) is 0 Å². The minimum Gasteiger partial charge on any atom is -0.383 e. The van der Waals surface area contributed by atoms with Crippen molar-refractivity contribution in [3.63, 3.8) is 0 Å². The quantitative estimate of drug-likeness (QED) is 0.532. The van der Waals surface area contributed by atoms with E-state index in [1.54, 1.807) is 14.2 Å². The Morgan fingerprint density at radius 1 is 1.11 bits per heavy atom. The summed E-state index contributed by atoms with van der Waals surface area (Å²) in [5.41, 5.74) is 0. The molecular formula is C14H30N2O3. The summed E-state index contributed by atoms with van der Waals surface area (Å²) in [7, 11) is 3.45. The van der Waals surface area contributed by atoms with Crippen molar-refractivity contribution in [1.82, 2.24) is 10.2 Å². The van der Waals surface area contributed by atoms with Crippen LogP contribution in [-0.2, 0) is 14.2 Å². The highest BCUT2D eigenvalue weighted by Crippen LogP contribution is 2.16. The Bertz CT molecular complexity index is 205. The van der Waals surface area contributed by atoms with Gasteiger partial charge in [0.15, 0.2) is 0 Å². The summed E-state index contributed by atoms with van der Waals surface area (Å²) in [5.74, 6) is 0. The molecule has 5 heteroatoms. The van der Waals surface area contributed by atoms with Crippen LogP contribution in [0.1, 0.15) is 19.3 Å². The van der Waals surface area contributed by atoms with E-state index in [9.17, 15) is 0 Å².